The number of esters is 1. The number of rotatable bonds is 13. The monoisotopic (exact) mass is 592 g/mol. The summed E-state index contributed by atoms with van der Waals surface area (Å²) in [6, 6.07) is 0. The van der Waals surface area contributed by atoms with Crippen LogP contribution < -0.4 is 4.74 Å². The van der Waals surface area contributed by atoms with E-state index < -0.39 is 87.3 Å². The molecule has 0 saturated heterocycles. The molecule has 228 valence electrons. The lowest BCUT2D eigenvalue weighted by atomic mass is 9.79. The van der Waals surface area contributed by atoms with Crippen molar-refractivity contribution in [1.29, 1.82) is 0 Å². The molecule has 41 heavy (non-hydrogen) atoms. The fraction of sp³-hybridized carbons (Fsp3) is 0.581. The van der Waals surface area contributed by atoms with Gasteiger partial charge in [0.05, 0.1) is 17.0 Å². The number of halogens is 8. The molecule has 0 heterocycles. The number of ether oxygens (including phenoxy) is 1. The predicted molar refractivity (Wildman–Crippen MR) is 139 cm³/mol. The second kappa shape index (κ2) is 15.0. The first-order chi connectivity index (χ1) is 19.5. The van der Waals surface area contributed by atoms with E-state index in [1.807, 2.05) is 0 Å². The zero-order chi connectivity index (χ0) is 30.3. The van der Waals surface area contributed by atoms with E-state index in [1.54, 1.807) is 0 Å². The summed E-state index contributed by atoms with van der Waals surface area (Å²) in [5.74, 6) is -20.7. The molecule has 10 heteroatoms. The Morgan fingerprint density at radius 1 is 0.610 bits per heavy atom. The minimum Gasteiger partial charge on any atom is -0.420 e. The van der Waals surface area contributed by atoms with Crippen LogP contribution in [0.1, 0.15) is 103 Å². The molecular weight excluding hydrogens is 556 g/mol. The van der Waals surface area contributed by atoms with Crippen LogP contribution in [0, 0.1) is 58.4 Å². The van der Waals surface area contributed by atoms with Crippen LogP contribution in [0.25, 0.3) is 11.1 Å². The van der Waals surface area contributed by atoms with Gasteiger partial charge in [-0.2, -0.15) is 8.78 Å². The van der Waals surface area contributed by atoms with Crippen molar-refractivity contribution >= 4 is 5.97 Å². The number of hydrogen-bond donors (Lipinski definition) is 0. The van der Waals surface area contributed by atoms with Crippen molar-refractivity contribution in [2.24, 2.45) is 11.8 Å². The highest BCUT2D eigenvalue weighted by Gasteiger charge is 2.36. The normalized spacial score (nSPS) is 17.2. The molecule has 2 nitrogen and oxygen atoms in total. The molecule has 1 saturated carbocycles. The summed E-state index contributed by atoms with van der Waals surface area (Å²) in [4.78, 5) is 12.6. The Balaban J connectivity index is 1.66. The molecule has 2 aromatic carbocycles. The van der Waals surface area contributed by atoms with E-state index in [4.69, 9.17) is 4.74 Å². The van der Waals surface area contributed by atoms with E-state index in [1.165, 1.54) is 45.4 Å². The Bertz CT molecular complexity index is 1160. The quantitative estimate of drug-likeness (QED) is 0.0761. The molecule has 1 fully saturated rings. The molecule has 1 aliphatic rings. The molecule has 2 aromatic rings. The van der Waals surface area contributed by atoms with Crippen molar-refractivity contribution in [3.05, 3.63) is 52.1 Å². The largest absolute Gasteiger partial charge is 0.420 e. The van der Waals surface area contributed by atoms with Gasteiger partial charge in [0.2, 0.25) is 17.4 Å². The van der Waals surface area contributed by atoms with Crippen LogP contribution in [0.15, 0.2) is 0 Å². The predicted octanol–water partition coefficient (Wildman–Crippen LogP) is 10.3. The fourth-order valence-electron chi connectivity index (χ4n) is 5.57. The van der Waals surface area contributed by atoms with E-state index in [-0.39, 0.29) is 0 Å². The molecule has 0 bridgehead atoms. The Hall–Kier alpha value is -2.65. The summed E-state index contributed by atoms with van der Waals surface area (Å²) in [5.41, 5.74) is -4.97. The van der Waals surface area contributed by atoms with Crippen molar-refractivity contribution in [1.82, 2.24) is 0 Å². The maximum Gasteiger partial charge on any atom is 0.314 e. The number of benzene rings is 2. The van der Waals surface area contributed by atoms with Gasteiger partial charge < -0.3 is 4.74 Å². The van der Waals surface area contributed by atoms with E-state index in [0.29, 0.717) is 31.6 Å². The number of hydrogen-bond acceptors (Lipinski definition) is 2. The molecule has 1 aliphatic carbocycles. The third kappa shape index (κ3) is 7.41. The molecule has 0 atom stereocenters. The standard InChI is InChI=1S/C31H36F8O2/c1-3-5-6-7-8-9-10-11-12-17-13-15-18(16-14-17)31(40)41-30-28(38)26(36)21(27(37)29(30)39)20-24(34)22(32)19(4-2)23(33)25(20)35/h17-18H,3-16H2,1-2H3. The zero-order valence-corrected chi connectivity index (χ0v) is 23.4. The summed E-state index contributed by atoms with van der Waals surface area (Å²) < 4.78 is 121. The Morgan fingerprint density at radius 2 is 1.05 bits per heavy atom. The van der Waals surface area contributed by atoms with Gasteiger partial charge in [-0.15, -0.1) is 0 Å². The topological polar surface area (TPSA) is 26.3 Å². The van der Waals surface area contributed by atoms with Crippen LogP contribution in [-0.2, 0) is 11.2 Å². The lowest BCUT2D eigenvalue weighted by Gasteiger charge is -2.27. The molecule has 0 aromatic heterocycles. The van der Waals surface area contributed by atoms with Gasteiger partial charge in [-0.1, -0.05) is 71.6 Å². The van der Waals surface area contributed by atoms with Crippen LogP contribution >= 0.6 is 0 Å². The first-order valence-corrected chi connectivity index (χ1v) is 14.5. The maximum atomic E-state index is 14.8. The Labute approximate surface area is 235 Å². The summed E-state index contributed by atoms with van der Waals surface area (Å²) >= 11 is 0. The first-order valence-electron chi connectivity index (χ1n) is 14.5. The number of unbranched alkanes of at least 4 members (excludes halogenated alkanes) is 7. The molecule has 3 rings (SSSR count). The summed E-state index contributed by atoms with van der Waals surface area (Å²) in [6.45, 7) is 3.35. The average molecular weight is 593 g/mol. The van der Waals surface area contributed by atoms with Crippen molar-refractivity contribution in [2.45, 2.75) is 104 Å². The van der Waals surface area contributed by atoms with Gasteiger partial charge in [0.15, 0.2) is 34.9 Å². The van der Waals surface area contributed by atoms with Crippen LogP contribution in [0.3, 0.4) is 0 Å². The average Bonchev–Trinajstić information content (AvgIpc) is 2.97. The van der Waals surface area contributed by atoms with Crippen LogP contribution in [0.4, 0.5) is 35.1 Å². The second-order valence-electron chi connectivity index (χ2n) is 10.8. The van der Waals surface area contributed by atoms with Gasteiger partial charge in [0.25, 0.3) is 0 Å². The van der Waals surface area contributed by atoms with E-state index in [9.17, 15) is 39.9 Å². The smallest absolute Gasteiger partial charge is 0.314 e. The van der Waals surface area contributed by atoms with E-state index in [2.05, 4.69) is 6.92 Å². The molecule has 0 unspecified atom stereocenters. The van der Waals surface area contributed by atoms with Gasteiger partial charge in [0, 0.05) is 5.56 Å². The minimum atomic E-state index is -2.36. The lowest BCUT2D eigenvalue weighted by molar-refractivity contribution is -0.140. The van der Waals surface area contributed by atoms with Gasteiger partial charge in [-0.05, 0) is 38.0 Å². The van der Waals surface area contributed by atoms with Crippen LogP contribution in [0.2, 0.25) is 0 Å². The lowest BCUT2D eigenvalue weighted by Crippen LogP contribution is -2.26. The van der Waals surface area contributed by atoms with E-state index >= 15 is 0 Å². The van der Waals surface area contributed by atoms with Gasteiger partial charge in [-0.25, -0.2) is 26.3 Å². The third-order valence-electron chi connectivity index (χ3n) is 8.03. The number of carbonyl (C=O) groups is 1. The third-order valence-corrected chi connectivity index (χ3v) is 8.03. The molecule has 0 aliphatic heterocycles. The summed E-state index contributed by atoms with van der Waals surface area (Å²) in [6.07, 6.45) is 12.2. The summed E-state index contributed by atoms with van der Waals surface area (Å²) in [7, 11) is 0. The van der Waals surface area contributed by atoms with Crippen molar-refractivity contribution < 1.29 is 44.7 Å². The van der Waals surface area contributed by atoms with E-state index in [0.717, 1.165) is 19.3 Å². The Morgan fingerprint density at radius 3 is 1.51 bits per heavy atom. The van der Waals surface area contributed by atoms with Gasteiger partial charge in [0.1, 0.15) is 0 Å². The van der Waals surface area contributed by atoms with Crippen molar-refractivity contribution in [2.75, 3.05) is 0 Å². The highest BCUT2D eigenvalue weighted by Crippen LogP contribution is 2.41. The second-order valence-corrected chi connectivity index (χ2v) is 10.8. The van der Waals surface area contributed by atoms with Crippen molar-refractivity contribution in [3.63, 3.8) is 0 Å². The Kier molecular flexibility index (Phi) is 12.0. The maximum absolute atomic E-state index is 14.8. The zero-order valence-electron chi connectivity index (χ0n) is 23.4. The fourth-order valence-corrected chi connectivity index (χ4v) is 5.57. The van der Waals surface area contributed by atoms with Gasteiger partial charge >= 0.3 is 5.97 Å². The molecular formula is C31H36F8O2. The number of carbonyl (C=O) groups excluding carboxylic acids is 1. The van der Waals surface area contributed by atoms with Crippen molar-refractivity contribution in [3.8, 4) is 16.9 Å². The molecule has 0 radical (unpaired) electrons. The molecule has 0 N–H and O–H groups in total. The summed E-state index contributed by atoms with van der Waals surface area (Å²) in [5, 5.41) is 0. The van der Waals surface area contributed by atoms with Crippen LogP contribution in [0.5, 0.6) is 5.75 Å². The molecule has 0 spiro atoms. The SMILES string of the molecule is CCCCCCCCCCC1CCC(C(=O)Oc2c(F)c(F)c(-c3c(F)c(F)c(CC)c(F)c3F)c(F)c2F)CC1. The molecule has 0 amide bonds. The van der Waals surface area contributed by atoms with Gasteiger partial charge in [-0.3, -0.25) is 4.79 Å². The minimum absolute atomic E-state index is 0.367. The highest BCUT2D eigenvalue weighted by molar-refractivity contribution is 5.76. The first kappa shape index (κ1) is 32.9. The highest BCUT2D eigenvalue weighted by atomic mass is 19.2. The van der Waals surface area contributed by atoms with Crippen LogP contribution in [-0.4, -0.2) is 5.97 Å².